The first-order chi connectivity index (χ1) is 12.5. The van der Waals surface area contributed by atoms with E-state index in [0.717, 1.165) is 30.2 Å². The van der Waals surface area contributed by atoms with Gasteiger partial charge in [-0.2, -0.15) is 5.10 Å². The molecule has 1 fully saturated rings. The Hall–Kier alpha value is -2.61. The summed E-state index contributed by atoms with van der Waals surface area (Å²) >= 11 is 0.748. The Morgan fingerprint density at radius 2 is 2.04 bits per heavy atom. The van der Waals surface area contributed by atoms with Gasteiger partial charge in [0.2, 0.25) is 0 Å². The summed E-state index contributed by atoms with van der Waals surface area (Å²) in [6.07, 6.45) is 6.07. The lowest BCUT2D eigenvalue weighted by atomic mass is 9.89. The van der Waals surface area contributed by atoms with E-state index in [1.165, 1.54) is 35.2 Å². The molecule has 2 amide bonds. The number of carboxylic acid groups (broad SMARTS) is 1. The number of hydrazone groups is 1. The first kappa shape index (κ1) is 16.8. The topological polar surface area (TPSA) is 99.1 Å². The number of fused-ring (bicyclic) bond motifs is 1. The molecule has 4 rings (SSSR count). The molecule has 7 nitrogen and oxygen atoms in total. The maximum absolute atomic E-state index is 11.7. The highest BCUT2D eigenvalue weighted by Gasteiger charge is 2.35. The van der Waals surface area contributed by atoms with Crippen LogP contribution in [-0.2, 0) is 22.4 Å². The molecule has 2 aliphatic heterocycles. The van der Waals surface area contributed by atoms with Crippen LogP contribution in [0.15, 0.2) is 34.4 Å². The van der Waals surface area contributed by atoms with Crippen LogP contribution in [0.4, 0.5) is 4.79 Å². The fourth-order valence-electron chi connectivity index (χ4n) is 3.47. The second-order valence-corrected chi connectivity index (χ2v) is 7.53. The van der Waals surface area contributed by atoms with Crippen molar-refractivity contribution in [1.82, 2.24) is 10.3 Å². The molecule has 2 N–H and O–H groups in total. The Balaban J connectivity index is 1.65. The van der Waals surface area contributed by atoms with Gasteiger partial charge in [0.1, 0.15) is 4.91 Å². The van der Waals surface area contributed by atoms with Gasteiger partial charge < -0.3 is 5.11 Å². The highest BCUT2D eigenvalue weighted by Crippen LogP contribution is 2.29. The summed E-state index contributed by atoms with van der Waals surface area (Å²) in [5.74, 6) is -1.55. The number of hydrogen-bond donors (Lipinski definition) is 2. The maximum atomic E-state index is 11.7. The van der Waals surface area contributed by atoms with Gasteiger partial charge in [0.25, 0.3) is 11.1 Å². The molecular formula is C18H17N3O4S. The van der Waals surface area contributed by atoms with Crippen molar-refractivity contribution in [3.63, 3.8) is 0 Å². The molecule has 1 atom stereocenters. The van der Waals surface area contributed by atoms with Crippen LogP contribution in [0.2, 0.25) is 0 Å². The van der Waals surface area contributed by atoms with Crippen molar-refractivity contribution >= 4 is 34.6 Å². The van der Waals surface area contributed by atoms with Crippen molar-refractivity contribution in [2.45, 2.75) is 38.1 Å². The van der Waals surface area contributed by atoms with E-state index in [2.05, 4.69) is 22.6 Å². The van der Waals surface area contributed by atoms with E-state index in [1.807, 2.05) is 6.07 Å². The average Bonchev–Trinajstić information content (AvgIpc) is 3.18. The highest BCUT2D eigenvalue weighted by atomic mass is 32.2. The van der Waals surface area contributed by atoms with Crippen molar-refractivity contribution in [3.05, 3.63) is 46.0 Å². The fraction of sp³-hybridized carbons (Fsp3) is 0.333. The Kier molecular flexibility index (Phi) is 4.28. The summed E-state index contributed by atoms with van der Waals surface area (Å²) in [6, 6.07) is 5.29. The van der Waals surface area contributed by atoms with Crippen LogP contribution in [0.5, 0.6) is 0 Å². The molecule has 0 unspecified atom stereocenters. The second kappa shape index (κ2) is 6.60. The molecule has 1 saturated heterocycles. The Labute approximate surface area is 154 Å². The van der Waals surface area contributed by atoms with Gasteiger partial charge in [0, 0.05) is 12.6 Å². The van der Waals surface area contributed by atoms with Gasteiger partial charge >= 0.3 is 5.97 Å². The minimum atomic E-state index is -1.02. The SMILES string of the molecule is O=C1NC(=O)/C(=C/N2N=C(c3ccc4c(c3)CCCC4)C[C@@H]2C(=O)O)S1. The lowest BCUT2D eigenvalue weighted by molar-refractivity contribution is -0.141. The van der Waals surface area contributed by atoms with E-state index >= 15 is 0 Å². The predicted octanol–water partition coefficient (Wildman–Crippen LogP) is 2.25. The van der Waals surface area contributed by atoms with E-state index < -0.39 is 23.2 Å². The molecule has 0 aromatic heterocycles. The molecule has 3 aliphatic rings. The van der Waals surface area contributed by atoms with Gasteiger partial charge in [-0.05, 0) is 60.2 Å². The molecule has 2 heterocycles. The third-order valence-electron chi connectivity index (χ3n) is 4.80. The van der Waals surface area contributed by atoms with E-state index in [-0.39, 0.29) is 11.3 Å². The third-order valence-corrected chi connectivity index (χ3v) is 5.60. The zero-order chi connectivity index (χ0) is 18.3. The highest BCUT2D eigenvalue weighted by molar-refractivity contribution is 8.18. The first-order valence-corrected chi connectivity index (χ1v) is 9.29. The lowest BCUT2D eigenvalue weighted by Gasteiger charge is -2.16. The normalized spacial score (nSPS) is 23.8. The molecule has 0 radical (unpaired) electrons. The molecule has 0 saturated carbocycles. The van der Waals surface area contributed by atoms with Crippen LogP contribution < -0.4 is 5.32 Å². The number of nitrogens with zero attached hydrogens (tertiary/aromatic N) is 2. The molecule has 0 spiro atoms. The number of carbonyl (C=O) groups excluding carboxylic acids is 2. The molecule has 8 heteroatoms. The Morgan fingerprint density at radius 3 is 2.73 bits per heavy atom. The monoisotopic (exact) mass is 371 g/mol. The molecule has 1 aliphatic carbocycles. The number of aliphatic carboxylic acids is 1. The second-order valence-electron chi connectivity index (χ2n) is 6.51. The van der Waals surface area contributed by atoms with Crippen molar-refractivity contribution in [2.24, 2.45) is 5.10 Å². The fourth-order valence-corrected chi connectivity index (χ4v) is 4.11. The zero-order valence-electron chi connectivity index (χ0n) is 13.9. The largest absolute Gasteiger partial charge is 0.480 e. The standard InChI is InChI=1S/C18H17N3O4S/c22-16-15(26-18(25)19-16)9-21-14(17(23)24)8-13(20-21)12-6-5-10-3-1-2-4-11(10)7-12/h5-7,9,14H,1-4,8H2,(H,23,24)(H,19,22,25)/b15-9-/t14-/m1/s1. The van der Waals surface area contributed by atoms with Crippen LogP contribution >= 0.6 is 11.8 Å². The number of thioether (sulfide) groups is 1. The lowest BCUT2D eigenvalue weighted by Crippen LogP contribution is -2.31. The van der Waals surface area contributed by atoms with E-state index in [0.29, 0.717) is 5.71 Å². The summed E-state index contributed by atoms with van der Waals surface area (Å²) in [5.41, 5.74) is 4.25. The molecular weight excluding hydrogens is 354 g/mol. The van der Waals surface area contributed by atoms with Crippen LogP contribution in [-0.4, -0.2) is 39.0 Å². The number of carboxylic acids is 1. The van der Waals surface area contributed by atoms with Gasteiger partial charge in [-0.1, -0.05) is 12.1 Å². The number of carbonyl (C=O) groups is 3. The maximum Gasteiger partial charge on any atom is 0.328 e. The Morgan fingerprint density at radius 1 is 1.27 bits per heavy atom. The zero-order valence-corrected chi connectivity index (χ0v) is 14.7. The van der Waals surface area contributed by atoms with Gasteiger partial charge in [-0.15, -0.1) is 0 Å². The number of benzene rings is 1. The number of aryl methyl sites for hydroxylation is 2. The van der Waals surface area contributed by atoms with Crippen LogP contribution in [0.1, 0.15) is 36.0 Å². The van der Waals surface area contributed by atoms with Crippen LogP contribution in [0, 0.1) is 0 Å². The van der Waals surface area contributed by atoms with Crippen molar-refractivity contribution in [1.29, 1.82) is 0 Å². The van der Waals surface area contributed by atoms with Crippen molar-refractivity contribution in [3.8, 4) is 0 Å². The molecule has 1 aromatic carbocycles. The molecule has 134 valence electrons. The summed E-state index contributed by atoms with van der Waals surface area (Å²) < 4.78 is 0. The van der Waals surface area contributed by atoms with Gasteiger partial charge in [0.15, 0.2) is 6.04 Å². The van der Waals surface area contributed by atoms with Gasteiger partial charge in [-0.3, -0.25) is 19.9 Å². The molecule has 1 aromatic rings. The minimum absolute atomic E-state index is 0.150. The number of nitrogens with one attached hydrogen (secondary N) is 1. The quantitative estimate of drug-likeness (QED) is 0.791. The van der Waals surface area contributed by atoms with E-state index in [1.54, 1.807) is 0 Å². The third kappa shape index (κ3) is 3.12. The molecule has 26 heavy (non-hydrogen) atoms. The predicted molar refractivity (Wildman–Crippen MR) is 96.7 cm³/mol. The number of rotatable bonds is 3. The number of amides is 2. The van der Waals surface area contributed by atoms with Gasteiger partial charge in [0.05, 0.1) is 5.71 Å². The number of imide groups is 1. The summed E-state index contributed by atoms with van der Waals surface area (Å²) in [4.78, 5) is 34.8. The number of hydrogen-bond acceptors (Lipinski definition) is 6. The smallest absolute Gasteiger partial charge is 0.328 e. The van der Waals surface area contributed by atoms with Gasteiger partial charge in [-0.25, -0.2) is 4.79 Å². The van der Waals surface area contributed by atoms with E-state index in [9.17, 15) is 19.5 Å². The summed E-state index contributed by atoms with van der Waals surface area (Å²) in [5, 5.41) is 16.9. The van der Waals surface area contributed by atoms with Crippen molar-refractivity contribution < 1.29 is 19.5 Å². The first-order valence-electron chi connectivity index (χ1n) is 8.47. The Bertz CT molecular complexity index is 877. The average molecular weight is 371 g/mol. The van der Waals surface area contributed by atoms with Crippen LogP contribution in [0.3, 0.4) is 0 Å². The van der Waals surface area contributed by atoms with Crippen LogP contribution in [0.25, 0.3) is 0 Å². The minimum Gasteiger partial charge on any atom is -0.480 e. The summed E-state index contributed by atoms with van der Waals surface area (Å²) in [7, 11) is 0. The van der Waals surface area contributed by atoms with E-state index in [4.69, 9.17) is 0 Å². The van der Waals surface area contributed by atoms with Crippen molar-refractivity contribution in [2.75, 3.05) is 0 Å². The molecule has 0 bridgehead atoms. The summed E-state index contributed by atoms with van der Waals surface area (Å²) in [6.45, 7) is 0.